The van der Waals surface area contributed by atoms with Gasteiger partial charge in [0.1, 0.15) is 0 Å². The summed E-state index contributed by atoms with van der Waals surface area (Å²) in [6.07, 6.45) is 0.333. The van der Waals surface area contributed by atoms with Crippen LogP contribution in [0.2, 0.25) is 5.02 Å². The summed E-state index contributed by atoms with van der Waals surface area (Å²) in [5.74, 6) is 5.24. The number of fused-ring (bicyclic) bond motifs is 1. The van der Waals surface area contributed by atoms with Gasteiger partial charge < -0.3 is 10.0 Å². The van der Waals surface area contributed by atoms with E-state index in [0.717, 1.165) is 5.56 Å². The van der Waals surface area contributed by atoms with Gasteiger partial charge in [-0.25, -0.2) is 0 Å². The largest absolute Gasteiger partial charge is 0.395 e. The lowest BCUT2D eigenvalue weighted by Crippen LogP contribution is -2.32. The van der Waals surface area contributed by atoms with Crippen LogP contribution in [0.1, 0.15) is 28.0 Å². The first-order valence-corrected chi connectivity index (χ1v) is 9.00. The number of halogens is 1. The minimum absolute atomic E-state index is 0.0366. The lowest BCUT2D eigenvalue weighted by molar-refractivity contribution is 0.0777. The number of hydrogen-bond donors (Lipinski definition) is 2. The van der Waals surface area contributed by atoms with Gasteiger partial charge in [-0.05, 0) is 29.8 Å². The highest BCUT2D eigenvalue weighted by Gasteiger charge is 2.19. The monoisotopic (exact) mass is 395 g/mol. The molecule has 0 aliphatic carbocycles. The Bertz CT molecular complexity index is 1130. The number of aromatic nitrogens is 2. The van der Waals surface area contributed by atoms with Gasteiger partial charge in [0.25, 0.3) is 5.91 Å². The van der Waals surface area contributed by atoms with Crippen LogP contribution in [0.5, 0.6) is 0 Å². The second-order valence-electron chi connectivity index (χ2n) is 6.19. The Hall–Kier alpha value is -3.14. The van der Waals surface area contributed by atoms with Crippen LogP contribution in [-0.4, -0.2) is 39.8 Å². The Balaban J connectivity index is 1.92. The van der Waals surface area contributed by atoms with Gasteiger partial charge in [0.2, 0.25) is 5.43 Å². The summed E-state index contributed by atoms with van der Waals surface area (Å²) in [6, 6.07) is 12.2. The molecule has 1 aromatic heterocycles. The molecule has 142 valence electrons. The van der Waals surface area contributed by atoms with Crippen molar-refractivity contribution < 1.29 is 9.90 Å². The Morgan fingerprint density at radius 1 is 1.25 bits per heavy atom. The predicted molar refractivity (Wildman–Crippen MR) is 108 cm³/mol. The lowest BCUT2D eigenvalue weighted by Gasteiger charge is -2.16. The highest BCUT2D eigenvalue weighted by atomic mass is 35.5. The van der Waals surface area contributed by atoms with E-state index in [1.165, 1.54) is 4.90 Å². The molecule has 3 aromatic rings. The van der Waals surface area contributed by atoms with E-state index in [1.807, 2.05) is 12.1 Å². The highest BCUT2D eigenvalue weighted by molar-refractivity contribution is 6.30. The molecule has 2 N–H and O–H groups in total. The molecule has 1 amide bonds. The van der Waals surface area contributed by atoms with Gasteiger partial charge in [-0.15, -0.1) is 0 Å². The first-order chi connectivity index (χ1) is 13.5. The topological polar surface area (TPSA) is 86.3 Å². The number of aliphatic hydroxyl groups is 1. The number of rotatable bonds is 4. The van der Waals surface area contributed by atoms with Gasteiger partial charge in [0, 0.05) is 25.0 Å². The molecule has 0 spiro atoms. The Morgan fingerprint density at radius 2 is 2.00 bits per heavy atom. The summed E-state index contributed by atoms with van der Waals surface area (Å²) < 4.78 is 0. The van der Waals surface area contributed by atoms with E-state index in [0.29, 0.717) is 34.5 Å². The molecular weight excluding hydrogens is 378 g/mol. The number of nitrogens with zero attached hydrogens (tertiary/aromatic N) is 2. The van der Waals surface area contributed by atoms with Gasteiger partial charge in [-0.1, -0.05) is 41.6 Å². The summed E-state index contributed by atoms with van der Waals surface area (Å²) in [5.41, 5.74) is 1.31. The summed E-state index contributed by atoms with van der Waals surface area (Å²) >= 11 is 5.88. The molecule has 0 aliphatic rings. The summed E-state index contributed by atoms with van der Waals surface area (Å²) in [7, 11) is 1.61. The number of carbonyl (C=O) groups excluding carboxylic acids is 1. The maximum absolute atomic E-state index is 12.8. The molecule has 1 heterocycles. The smallest absolute Gasteiger partial charge is 0.278 e. The van der Waals surface area contributed by atoms with Crippen molar-refractivity contribution in [1.82, 2.24) is 15.1 Å². The van der Waals surface area contributed by atoms with Crippen molar-refractivity contribution in [3.05, 3.63) is 74.5 Å². The fraction of sp³-hybridized carbons (Fsp3) is 0.190. The van der Waals surface area contributed by atoms with E-state index in [9.17, 15) is 9.59 Å². The average molecular weight is 396 g/mol. The maximum atomic E-state index is 12.8. The van der Waals surface area contributed by atoms with E-state index in [-0.39, 0.29) is 12.3 Å². The lowest BCUT2D eigenvalue weighted by atomic mass is 10.1. The first kappa shape index (κ1) is 19.6. The van der Waals surface area contributed by atoms with Crippen LogP contribution in [0.25, 0.3) is 10.9 Å². The number of hydrogen-bond acceptors (Lipinski definition) is 4. The molecule has 0 unspecified atom stereocenters. The van der Waals surface area contributed by atoms with Gasteiger partial charge in [0.05, 0.1) is 23.1 Å². The van der Waals surface area contributed by atoms with Crippen LogP contribution < -0.4 is 5.43 Å². The van der Waals surface area contributed by atoms with E-state index in [4.69, 9.17) is 16.7 Å². The zero-order valence-corrected chi connectivity index (χ0v) is 16.0. The van der Waals surface area contributed by atoms with Crippen molar-refractivity contribution in [3.8, 4) is 11.8 Å². The number of H-pyrrole nitrogens is 1. The van der Waals surface area contributed by atoms with Crippen molar-refractivity contribution in [3.63, 3.8) is 0 Å². The molecule has 7 heteroatoms. The molecular formula is C21H18ClN3O3. The third-order valence-corrected chi connectivity index (χ3v) is 4.40. The molecule has 3 rings (SSSR count). The quantitative estimate of drug-likeness (QED) is 0.665. The standard InChI is InChI=1S/C21H18ClN3O3/c1-25(13-14-8-10-16(22)11-9-14)21(28)19-20(27)17-7-4-6-15(5-2-3-12-26)18(17)23-24-19/h4,6-11,26H,3,12-13H2,1H3,(H,23,27). The van der Waals surface area contributed by atoms with Gasteiger partial charge >= 0.3 is 0 Å². The van der Waals surface area contributed by atoms with Crippen molar-refractivity contribution in [2.24, 2.45) is 0 Å². The van der Waals surface area contributed by atoms with Crippen molar-refractivity contribution in [1.29, 1.82) is 0 Å². The minimum Gasteiger partial charge on any atom is -0.395 e. The summed E-state index contributed by atoms with van der Waals surface area (Å²) in [5, 5.41) is 16.6. The van der Waals surface area contributed by atoms with Crippen LogP contribution in [0.15, 0.2) is 47.3 Å². The van der Waals surface area contributed by atoms with Gasteiger partial charge in [-0.3, -0.25) is 14.7 Å². The third-order valence-electron chi connectivity index (χ3n) is 4.15. The van der Waals surface area contributed by atoms with E-state index in [1.54, 1.807) is 37.4 Å². The molecule has 0 fully saturated rings. The Morgan fingerprint density at radius 3 is 2.71 bits per heavy atom. The molecule has 6 nitrogen and oxygen atoms in total. The number of carbonyl (C=O) groups is 1. The van der Waals surface area contributed by atoms with E-state index < -0.39 is 11.3 Å². The van der Waals surface area contributed by atoms with Crippen LogP contribution in [-0.2, 0) is 6.54 Å². The number of amides is 1. The zero-order chi connectivity index (χ0) is 20.1. The maximum Gasteiger partial charge on any atom is 0.278 e. The molecule has 28 heavy (non-hydrogen) atoms. The number of nitrogens with one attached hydrogen (secondary N) is 1. The average Bonchev–Trinajstić information content (AvgIpc) is 2.70. The minimum atomic E-state index is -0.477. The molecule has 0 aliphatic heterocycles. The van der Waals surface area contributed by atoms with Crippen LogP contribution in [0.4, 0.5) is 0 Å². The van der Waals surface area contributed by atoms with Crippen LogP contribution >= 0.6 is 11.6 Å². The SMILES string of the molecule is CN(Cc1ccc(Cl)cc1)C(=O)c1n[nH]c2c(C#CCCO)cccc2c1=O. The van der Waals surface area contributed by atoms with Gasteiger partial charge in [-0.2, -0.15) is 5.10 Å². The second kappa shape index (κ2) is 8.70. The third kappa shape index (κ3) is 4.22. The normalized spacial score (nSPS) is 10.4. The zero-order valence-electron chi connectivity index (χ0n) is 15.2. The summed E-state index contributed by atoms with van der Waals surface area (Å²) in [4.78, 5) is 27.0. The van der Waals surface area contributed by atoms with Crippen LogP contribution in [0.3, 0.4) is 0 Å². The molecule has 0 saturated carbocycles. The number of benzene rings is 2. The fourth-order valence-electron chi connectivity index (χ4n) is 2.73. The van der Waals surface area contributed by atoms with Crippen LogP contribution in [0, 0.1) is 11.8 Å². The molecule has 0 saturated heterocycles. The highest BCUT2D eigenvalue weighted by Crippen LogP contribution is 2.14. The van der Waals surface area contributed by atoms with Crippen molar-refractivity contribution in [2.75, 3.05) is 13.7 Å². The van der Waals surface area contributed by atoms with Crippen molar-refractivity contribution in [2.45, 2.75) is 13.0 Å². The number of aromatic amines is 1. The van der Waals surface area contributed by atoms with Gasteiger partial charge in [0.15, 0.2) is 5.69 Å². The summed E-state index contributed by atoms with van der Waals surface area (Å²) in [6.45, 7) is 0.285. The molecule has 0 atom stereocenters. The number of aliphatic hydroxyl groups excluding tert-OH is 1. The molecule has 2 aromatic carbocycles. The van der Waals surface area contributed by atoms with E-state index >= 15 is 0 Å². The first-order valence-electron chi connectivity index (χ1n) is 8.62. The van der Waals surface area contributed by atoms with E-state index in [2.05, 4.69) is 22.0 Å². The fourth-order valence-corrected chi connectivity index (χ4v) is 2.86. The second-order valence-corrected chi connectivity index (χ2v) is 6.63. The number of para-hydroxylation sites is 1. The predicted octanol–water partition coefficient (Wildman–Crippen LogP) is 2.58. The Kier molecular flexibility index (Phi) is 6.09. The molecule has 0 bridgehead atoms. The molecule has 0 radical (unpaired) electrons. The van der Waals surface area contributed by atoms with Crippen molar-refractivity contribution >= 4 is 28.4 Å². The Labute approximate surface area is 166 Å².